The second kappa shape index (κ2) is 9.22. The van der Waals surface area contributed by atoms with Crippen LogP contribution in [-0.2, 0) is 11.3 Å². The number of ether oxygens (including phenoxy) is 3. The summed E-state index contributed by atoms with van der Waals surface area (Å²) in [7, 11) is 1.60. The molecular formula is C24H28N2O4. The van der Waals surface area contributed by atoms with Gasteiger partial charge in [0.2, 0.25) is 11.7 Å². The maximum Gasteiger partial charge on any atom is 0.246 e. The molecule has 6 nitrogen and oxygen atoms in total. The number of carbonyl (C=O) groups is 1. The molecule has 0 N–H and O–H groups in total. The standard InChI is InChI=1S/C24H28N2O4/c1-18-5-3-4-6-20(18)17-25-9-11-26(12-10-25)23(27)8-7-19-15-21(28-2)24-22(16-19)29-13-14-30-24/h3-8,15-16H,9-14,17H2,1-2H3/b8-7+. The molecule has 0 spiro atoms. The molecule has 1 saturated heterocycles. The molecule has 0 saturated carbocycles. The van der Waals surface area contributed by atoms with Gasteiger partial charge in [-0.15, -0.1) is 0 Å². The molecular weight excluding hydrogens is 380 g/mol. The van der Waals surface area contributed by atoms with Gasteiger partial charge in [-0.05, 0) is 41.8 Å². The van der Waals surface area contributed by atoms with Crippen LogP contribution >= 0.6 is 0 Å². The molecule has 0 aromatic heterocycles. The minimum Gasteiger partial charge on any atom is -0.493 e. The summed E-state index contributed by atoms with van der Waals surface area (Å²) < 4.78 is 16.7. The van der Waals surface area contributed by atoms with Gasteiger partial charge in [-0.3, -0.25) is 9.69 Å². The summed E-state index contributed by atoms with van der Waals surface area (Å²) in [5.74, 6) is 1.91. The molecule has 0 aliphatic carbocycles. The summed E-state index contributed by atoms with van der Waals surface area (Å²) in [6.07, 6.45) is 3.44. The first kappa shape index (κ1) is 20.3. The van der Waals surface area contributed by atoms with Crippen LogP contribution in [0.15, 0.2) is 42.5 Å². The van der Waals surface area contributed by atoms with Crippen LogP contribution in [0.3, 0.4) is 0 Å². The number of aryl methyl sites for hydroxylation is 1. The van der Waals surface area contributed by atoms with Gasteiger partial charge < -0.3 is 19.1 Å². The summed E-state index contributed by atoms with van der Waals surface area (Å²) in [6.45, 7) is 7.33. The lowest BCUT2D eigenvalue weighted by molar-refractivity contribution is -0.127. The monoisotopic (exact) mass is 408 g/mol. The van der Waals surface area contributed by atoms with E-state index >= 15 is 0 Å². The van der Waals surface area contributed by atoms with Gasteiger partial charge in [-0.25, -0.2) is 0 Å². The smallest absolute Gasteiger partial charge is 0.246 e. The molecule has 158 valence electrons. The highest BCUT2D eigenvalue weighted by atomic mass is 16.6. The molecule has 1 fully saturated rings. The van der Waals surface area contributed by atoms with Gasteiger partial charge in [0.1, 0.15) is 13.2 Å². The van der Waals surface area contributed by atoms with Gasteiger partial charge in [-0.2, -0.15) is 0 Å². The molecule has 1 amide bonds. The fourth-order valence-electron chi connectivity index (χ4n) is 3.82. The first-order valence-corrected chi connectivity index (χ1v) is 10.4. The number of fused-ring (bicyclic) bond motifs is 1. The lowest BCUT2D eigenvalue weighted by Gasteiger charge is -2.34. The fourth-order valence-corrected chi connectivity index (χ4v) is 3.82. The van der Waals surface area contributed by atoms with E-state index in [1.807, 2.05) is 23.1 Å². The highest BCUT2D eigenvalue weighted by molar-refractivity contribution is 5.92. The van der Waals surface area contributed by atoms with E-state index in [1.165, 1.54) is 11.1 Å². The van der Waals surface area contributed by atoms with Crippen LogP contribution in [0.2, 0.25) is 0 Å². The third kappa shape index (κ3) is 4.60. The minimum absolute atomic E-state index is 0.0272. The van der Waals surface area contributed by atoms with Crippen molar-refractivity contribution in [3.63, 3.8) is 0 Å². The van der Waals surface area contributed by atoms with Crippen LogP contribution < -0.4 is 14.2 Å². The molecule has 0 bridgehead atoms. The quantitative estimate of drug-likeness (QED) is 0.712. The van der Waals surface area contributed by atoms with Crippen molar-refractivity contribution in [2.75, 3.05) is 46.5 Å². The number of methoxy groups -OCH3 is 1. The molecule has 0 atom stereocenters. The van der Waals surface area contributed by atoms with Crippen molar-refractivity contribution < 1.29 is 19.0 Å². The Morgan fingerprint density at radius 2 is 1.87 bits per heavy atom. The Labute approximate surface area is 177 Å². The van der Waals surface area contributed by atoms with Crippen molar-refractivity contribution in [2.24, 2.45) is 0 Å². The van der Waals surface area contributed by atoms with Gasteiger partial charge in [0, 0.05) is 38.8 Å². The van der Waals surface area contributed by atoms with Crippen molar-refractivity contribution in [3.8, 4) is 17.2 Å². The molecule has 0 radical (unpaired) electrons. The van der Waals surface area contributed by atoms with E-state index in [9.17, 15) is 4.79 Å². The third-order valence-electron chi connectivity index (χ3n) is 5.61. The zero-order chi connectivity index (χ0) is 20.9. The van der Waals surface area contributed by atoms with E-state index in [-0.39, 0.29) is 5.91 Å². The summed E-state index contributed by atoms with van der Waals surface area (Å²) in [5.41, 5.74) is 3.51. The fraction of sp³-hybridized carbons (Fsp3) is 0.375. The number of carbonyl (C=O) groups excluding carboxylic acids is 1. The van der Waals surface area contributed by atoms with Gasteiger partial charge >= 0.3 is 0 Å². The Morgan fingerprint density at radius 3 is 2.63 bits per heavy atom. The molecule has 2 aliphatic rings. The third-order valence-corrected chi connectivity index (χ3v) is 5.61. The number of hydrogen-bond acceptors (Lipinski definition) is 5. The van der Waals surface area contributed by atoms with E-state index in [0.29, 0.717) is 30.5 Å². The average Bonchev–Trinajstić information content (AvgIpc) is 2.79. The van der Waals surface area contributed by atoms with Crippen molar-refractivity contribution in [3.05, 3.63) is 59.2 Å². The Balaban J connectivity index is 1.35. The largest absolute Gasteiger partial charge is 0.493 e. The number of hydrogen-bond donors (Lipinski definition) is 0. The zero-order valence-electron chi connectivity index (χ0n) is 17.6. The molecule has 2 aromatic rings. The number of benzene rings is 2. The molecule has 4 rings (SSSR count). The summed E-state index contributed by atoms with van der Waals surface area (Å²) in [6, 6.07) is 12.2. The summed E-state index contributed by atoms with van der Waals surface area (Å²) in [5, 5.41) is 0. The number of piperazine rings is 1. The van der Waals surface area contributed by atoms with Crippen LogP contribution in [0.1, 0.15) is 16.7 Å². The first-order valence-electron chi connectivity index (χ1n) is 10.4. The molecule has 2 aromatic carbocycles. The molecule has 2 aliphatic heterocycles. The number of nitrogens with zero attached hydrogens (tertiary/aromatic N) is 2. The van der Waals surface area contributed by atoms with Crippen molar-refractivity contribution >= 4 is 12.0 Å². The normalized spacial score (nSPS) is 16.7. The van der Waals surface area contributed by atoms with Crippen molar-refractivity contribution in [1.29, 1.82) is 0 Å². The van der Waals surface area contributed by atoms with Crippen LogP contribution in [0.25, 0.3) is 6.08 Å². The van der Waals surface area contributed by atoms with Crippen molar-refractivity contribution in [1.82, 2.24) is 9.80 Å². The Bertz CT molecular complexity index is 916. The lowest BCUT2D eigenvalue weighted by Crippen LogP contribution is -2.47. The topological polar surface area (TPSA) is 51.2 Å². The van der Waals surface area contributed by atoms with Crippen LogP contribution in [0.4, 0.5) is 0 Å². The van der Waals surface area contributed by atoms with Crippen LogP contribution in [0.5, 0.6) is 17.2 Å². The highest BCUT2D eigenvalue weighted by Crippen LogP contribution is 2.40. The van der Waals surface area contributed by atoms with E-state index in [1.54, 1.807) is 13.2 Å². The Kier molecular flexibility index (Phi) is 6.23. The van der Waals surface area contributed by atoms with Gasteiger partial charge in [0.25, 0.3) is 0 Å². The van der Waals surface area contributed by atoms with E-state index in [0.717, 1.165) is 38.3 Å². The highest BCUT2D eigenvalue weighted by Gasteiger charge is 2.21. The second-order valence-electron chi connectivity index (χ2n) is 7.61. The maximum absolute atomic E-state index is 12.7. The minimum atomic E-state index is 0.0272. The summed E-state index contributed by atoms with van der Waals surface area (Å²) in [4.78, 5) is 17.0. The maximum atomic E-state index is 12.7. The lowest BCUT2D eigenvalue weighted by atomic mass is 10.1. The van der Waals surface area contributed by atoms with E-state index in [2.05, 4.69) is 36.1 Å². The Morgan fingerprint density at radius 1 is 1.10 bits per heavy atom. The predicted molar refractivity (Wildman–Crippen MR) is 116 cm³/mol. The van der Waals surface area contributed by atoms with Crippen LogP contribution in [-0.4, -0.2) is 62.2 Å². The molecule has 6 heteroatoms. The molecule has 30 heavy (non-hydrogen) atoms. The SMILES string of the molecule is COc1cc(/C=C/C(=O)N2CCN(Cc3ccccc3C)CC2)cc2c1OCCO2. The molecule has 2 heterocycles. The predicted octanol–water partition coefficient (Wildman–Crippen LogP) is 3.13. The number of amides is 1. The van der Waals surface area contributed by atoms with Gasteiger partial charge in [0.05, 0.1) is 7.11 Å². The van der Waals surface area contributed by atoms with Crippen LogP contribution in [0, 0.1) is 6.92 Å². The second-order valence-corrected chi connectivity index (χ2v) is 7.61. The van der Waals surface area contributed by atoms with Crippen molar-refractivity contribution in [2.45, 2.75) is 13.5 Å². The van der Waals surface area contributed by atoms with E-state index < -0.39 is 0 Å². The zero-order valence-corrected chi connectivity index (χ0v) is 17.6. The number of rotatable bonds is 5. The van der Waals surface area contributed by atoms with E-state index in [4.69, 9.17) is 14.2 Å². The first-order chi connectivity index (χ1) is 14.6. The van der Waals surface area contributed by atoms with Gasteiger partial charge in [-0.1, -0.05) is 24.3 Å². The Hall–Kier alpha value is -2.99. The molecule has 0 unspecified atom stereocenters. The van der Waals surface area contributed by atoms with Gasteiger partial charge in [0.15, 0.2) is 11.5 Å². The average molecular weight is 408 g/mol. The summed E-state index contributed by atoms with van der Waals surface area (Å²) >= 11 is 0.